The molecule has 4 heteroatoms. The smallest absolute Gasteiger partial charge is 0.133 e. The number of Topliss-reactive ketones (excluding diaryl/α,β-unsaturated/α-hetero) is 1. The molecular weight excluding hydrogens is 204 g/mol. The number of aliphatic hydroxyl groups is 1. The zero-order valence-corrected chi connectivity index (χ0v) is 9.65. The number of aryl methyl sites for hydroxylation is 2. The molecule has 0 saturated heterocycles. The first-order valence-electron chi connectivity index (χ1n) is 5.79. The SMILES string of the molecule is Cn1ccnc1CCC1(O)CCC(=O)CC1. The predicted octanol–water partition coefficient (Wildman–Crippen LogP) is 1.23. The minimum Gasteiger partial charge on any atom is -0.390 e. The molecule has 88 valence electrons. The van der Waals surface area contributed by atoms with E-state index in [9.17, 15) is 9.90 Å². The zero-order chi connectivity index (χ0) is 11.6. The first-order valence-corrected chi connectivity index (χ1v) is 5.79. The zero-order valence-electron chi connectivity index (χ0n) is 9.65. The molecule has 0 atom stereocenters. The maximum atomic E-state index is 11.1. The van der Waals surface area contributed by atoms with Crippen LogP contribution in [-0.4, -0.2) is 26.0 Å². The van der Waals surface area contributed by atoms with Gasteiger partial charge in [0.25, 0.3) is 0 Å². The van der Waals surface area contributed by atoms with E-state index in [-0.39, 0.29) is 5.78 Å². The van der Waals surface area contributed by atoms with Gasteiger partial charge in [0.1, 0.15) is 11.6 Å². The Morgan fingerprint density at radius 2 is 2.19 bits per heavy atom. The van der Waals surface area contributed by atoms with Crippen LogP contribution >= 0.6 is 0 Å². The van der Waals surface area contributed by atoms with E-state index in [0.717, 1.165) is 12.2 Å². The molecule has 1 fully saturated rings. The Hall–Kier alpha value is -1.16. The number of imidazole rings is 1. The number of rotatable bonds is 3. The van der Waals surface area contributed by atoms with Crippen LogP contribution in [0.25, 0.3) is 0 Å². The van der Waals surface area contributed by atoms with Crippen LogP contribution in [0.3, 0.4) is 0 Å². The number of nitrogens with zero attached hydrogens (tertiary/aromatic N) is 2. The summed E-state index contributed by atoms with van der Waals surface area (Å²) < 4.78 is 1.97. The Labute approximate surface area is 95.3 Å². The van der Waals surface area contributed by atoms with Gasteiger partial charge in [-0.1, -0.05) is 0 Å². The topological polar surface area (TPSA) is 55.1 Å². The van der Waals surface area contributed by atoms with Crippen molar-refractivity contribution >= 4 is 5.78 Å². The molecule has 1 heterocycles. The Morgan fingerprint density at radius 3 is 2.75 bits per heavy atom. The maximum Gasteiger partial charge on any atom is 0.133 e. The standard InChI is InChI=1S/C12H18N2O2/c1-14-9-8-13-11(14)4-7-12(16)5-2-10(15)3-6-12/h8-9,16H,2-7H2,1H3. The van der Waals surface area contributed by atoms with Crippen LogP contribution in [-0.2, 0) is 18.3 Å². The van der Waals surface area contributed by atoms with E-state index in [0.29, 0.717) is 32.1 Å². The average Bonchev–Trinajstić information content (AvgIpc) is 2.67. The third-order valence-corrected chi connectivity index (χ3v) is 3.47. The van der Waals surface area contributed by atoms with Gasteiger partial charge in [0.15, 0.2) is 0 Å². The molecule has 0 amide bonds. The second-order valence-electron chi connectivity index (χ2n) is 4.72. The molecule has 0 bridgehead atoms. The minimum absolute atomic E-state index is 0.279. The van der Waals surface area contributed by atoms with Gasteiger partial charge < -0.3 is 9.67 Å². The largest absolute Gasteiger partial charge is 0.390 e. The fourth-order valence-electron chi connectivity index (χ4n) is 2.23. The molecule has 2 rings (SSSR count). The summed E-state index contributed by atoms with van der Waals surface area (Å²) >= 11 is 0. The highest BCUT2D eigenvalue weighted by Crippen LogP contribution is 2.30. The predicted molar refractivity (Wildman–Crippen MR) is 60.0 cm³/mol. The van der Waals surface area contributed by atoms with Crippen LogP contribution < -0.4 is 0 Å². The monoisotopic (exact) mass is 222 g/mol. The van der Waals surface area contributed by atoms with Crippen molar-refractivity contribution < 1.29 is 9.90 Å². The maximum absolute atomic E-state index is 11.1. The van der Waals surface area contributed by atoms with E-state index >= 15 is 0 Å². The van der Waals surface area contributed by atoms with Gasteiger partial charge in [-0.3, -0.25) is 4.79 Å². The summed E-state index contributed by atoms with van der Waals surface area (Å²) in [4.78, 5) is 15.3. The van der Waals surface area contributed by atoms with E-state index < -0.39 is 5.60 Å². The third kappa shape index (κ3) is 2.50. The Kier molecular flexibility index (Phi) is 3.10. The second kappa shape index (κ2) is 4.37. The van der Waals surface area contributed by atoms with Gasteiger partial charge in [-0.25, -0.2) is 4.98 Å². The van der Waals surface area contributed by atoms with Crippen LogP contribution in [0.1, 0.15) is 37.9 Å². The summed E-state index contributed by atoms with van der Waals surface area (Å²) in [6, 6.07) is 0. The molecule has 1 aromatic rings. The molecule has 0 unspecified atom stereocenters. The molecule has 1 saturated carbocycles. The van der Waals surface area contributed by atoms with Crippen molar-refractivity contribution in [2.45, 2.75) is 44.1 Å². The third-order valence-electron chi connectivity index (χ3n) is 3.47. The van der Waals surface area contributed by atoms with E-state index in [1.807, 2.05) is 17.8 Å². The summed E-state index contributed by atoms with van der Waals surface area (Å²) in [5.41, 5.74) is -0.653. The van der Waals surface area contributed by atoms with Gasteiger partial charge in [-0.05, 0) is 19.3 Å². The van der Waals surface area contributed by atoms with E-state index in [1.54, 1.807) is 6.20 Å². The number of carbonyl (C=O) groups is 1. The fourth-order valence-corrected chi connectivity index (χ4v) is 2.23. The van der Waals surface area contributed by atoms with E-state index in [4.69, 9.17) is 0 Å². The Balaban J connectivity index is 1.90. The lowest BCUT2D eigenvalue weighted by Gasteiger charge is -2.31. The van der Waals surface area contributed by atoms with Gasteiger partial charge >= 0.3 is 0 Å². The van der Waals surface area contributed by atoms with Crippen LogP contribution in [0.5, 0.6) is 0 Å². The van der Waals surface area contributed by atoms with Gasteiger partial charge in [-0.15, -0.1) is 0 Å². The van der Waals surface area contributed by atoms with Crippen molar-refractivity contribution in [3.63, 3.8) is 0 Å². The summed E-state index contributed by atoms with van der Waals surface area (Å²) in [7, 11) is 1.96. The van der Waals surface area contributed by atoms with Gasteiger partial charge in [0.05, 0.1) is 5.60 Å². The highest BCUT2D eigenvalue weighted by atomic mass is 16.3. The van der Waals surface area contributed by atoms with E-state index in [1.165, 1.54) is 0 Å². The molecule has 16 heavy (non-hydrogen) atoms. The van der Waals surface area contributed by atoms with Gasteiger partial charge in [0, 0.05) is 38.7 Å². The summed E-state index contributed by atoms with van der Waals surface area (Å²) in [6.45, 7) is 0. The Morgan fingerprint density at radius 1 is 1.50 bits per heavy atom. The summed E-state index contributed by atoms with van der Waals surface area (Å²) in [5, 5.41) is 10.3. The summed E-state index contributed by atoms with van der Waals surface area (Å²) in [5.74, 6) is 1.27. The first kappa shape index (κ1) is 11.3. The number of ketones is 1. The number of aromatic nitrogens is 2. The number of hydrogen-bond donors (Lipinski definition) is 1. The van der Waals surface area contributed by atoms with Crippen LogP contribution in [0.4, 0.5) is 0 Å². The molecule has 1 N–H and O–H groups in total. The highest BCUT2D eigenvalue weighted by molar-refractivity contribution is 5.79. The molecule has 0 aromatic carbocycles. The van der Waals surface area contributed by atoms with Crippen LogP contribution in [0.15, 0.2) is 12.4 Å². The van der Waals surface area contributed by atoms with Crippen LogP contribution in [0.2, 0.25) is 0 Å². The van der Waals surface area contributed by atoms with Crippen molar-refractivity contribution in [1.82, 2.24) is 9.55 Å². The molecule has 1 aliphatic carbocycles. The minimum atomic E-state index is -0.653. The summed E-state index contributed by atoms with van der Waals surface area (Å²) in [6.07, 6.45) is 7.41. The molecule has 4 nitrogen and oxygen atoms in total. The molecule has 0 spiro atoms. The number of carbonyl (C=O) groups excluding carboxylic acids is 1. The van der Waals surface area contributed by atoms with Crippen molar-refractivity contribution in [2.75, 3.05) is 0 Å². The normalized spacial score (nSPS) is 20.0. The lowest BCUT2D eigenvalue weighted by atomic mass is 9.81. The van der Waals surface area contributed by atoms with E-state index in [2.05, 4.69) is 4.98 Å². The molecule has 0 radical (unpaired) electrons. The fraction of sp³-hybridized carbons (Fsp3) is 0.667. The molecule has 1 aliphatic rings. The van der Waals surface area contributed by atoms with Crippen molar-refractivity contribution in [2.24, 2.45) is 7.05 Å². The average molecular weight is 222 g/mol. The quantitative estimate of drug-likeness (QED) is 0.836. The van der Waals surface area contributed by atoms with Crippen molar-refractivity contribution in [1.29, 1.82) is 0 Å². The molecule has 0 aliphatic heterocycles. The van der Waals surface area contributed by atoms with Gasteiger partial charge in [0.2, 0.25) is 0 Å². The lowest BCUT2D eigenvalue weighted by molar-refractivity contribution is -0.125. The van der Waals surface area contributed by atoms with Crippen LogP contribution in [0, 0.1) is 0 Å². The van der Waals surface area contributed by atoms with Crippen molar-refractivity contribution in [3.8, 4) is 0 Å². The lowest BCUT2D eigenvalue weighted by Crippen LogP contribution is -2.34. The number of hydrogen-bond acceptors (Lipinski definition) is 3. The van der Waals surface area contributed by atoms with Crippen molar-refractivity contribution in [3.05, 3.63) is 18.2 Å². The highest BCUT2D eigenvalue weighted by Gasteiger charge is 2.32. The molecular formula is C12H18N2O2. The first-order chi connectivity index (χ1) is 7.59. The Bertz CT molecular complexity index is 374. The van der Waals surface area contributed by atoms with Gasteiger partial charge in [-0.2, -0.15) is 0 Å². The molecule has 1 aromatic heterocycles. The second-order valence-corrected chi connectivity index (χ2v) is 4.72.